The van der Waals surface area contributed by atoms with Crippen LogP contribution in [0.25, 0.3) is 0 Å². The number of H-pyrrole nitrogens is 1. The van der Waals surface area contributed by atoms with Gasteiger partial charge in [-0.3, -0.25) is 9.52 Å². The number of pyridine rings is 1. The second-order valence-electron chi connectivity index (χ2n) is 4.43. The van der Waals surface area contributed by atoms with Crippen LogP contribution >= 0.6 is 15.9 Å². The summed E-state index contributed by atoms with van der Waals surface area (Å²) in [5, 5.41) is 0. The molecule has 5 nitrogen and oxygen atoms in total. The second kappa shape index (κ2) is 5.41. The molecule has 1 aromatic carbocycles. The number of hydrogen-bond acceptors (Lipinski definition) is 3. The molecule has 1 aromatic heterocycles. The van der Waals surface area contributed by atoms with Crippen molar-refractivity contribution in [2.45, 2.75) is 18.7 Å². The van der Waals surface area contributed by atoms with Crippen LogP contribution in [0.2, 0.25) is 0 Å². The van der Waals surface area contributed by atoms with Gasteiger partial charge in [0.05, 0.1) is 5.69 Å². The molecule has 1 heterocycles. The number of rotatable bonds is 3. The van der Waals surface area contributed by atoms with Crippen LogP contribution in [0.15, 0.2) is 44.6 Å². The third kappa shape index (κ3) is 3.10. The summed E-state index contributed by atoms with van der Waals surface area (Å²) in [6.45, 7) is 3.75. The maximum atomic E-state index is 12.2. The highest BCUT2D eigenvalue weighted by Crippen LogP contribution is 2.29. The fourth-order valence-corrected chi connectivity index (χ4v) is 3.82. The van der Waals surface area contributed by atoms with E-state index >= 15 is 0 Å². The molecule has 0 aliphatic heterocycles. The minimum atomic E-state index is -3.74. The van der Waals surface area contributed by atoms with E-state index in [0.717, 1.165) is 11.1 Å². The first-order valence-corrected chi connectivity index (χ1v) is 8.05. The normalized spacial score (nSPS) is 11.3. The summed E-state index contributed by atoms with van der Waals surface area (Å²) in [5.41, 5.74) is 1.98. The zero-order valence-corrected chi connectivity index (χ0v) is 13.3. The average Bonchev–Trinajstić information content (AvgIpc) is 2.34. The summed E-state index contributed by atoms with van der Waals surface area (Å²) in [6.07, 6.45) is 1.17. The number of hydrogen-bond donors (Lipinski definition) is 2. The molecule has 0 atom stereocenters. The lowest BCUT2D eigenvalue weighted by Crippen LogP contribution is -2.16. The lowest BCUT2D eigenvalue weighted by Gasteiger charge is -2.13. The molecule has 2 N–H and O–H groups in total. The van der Waals surface area contributed by atoms with Crippen LogP contribution in [-0.2, 0) is 10.0 Å². The largest absolute Gasteiger partial charge is 0.328 e. The summed E-state index contributed by atoms with van der Waals surface area (Å²) >= 11 is 3.35. The third-order valence-electron chi connectivity index (χ3n) is 2.73. The Morgan fingerprint density at radius 1 is 1.20 bits per heavy atom. The van der Waals surface area contributed by atoms with Gasteiger partial charge >= 0.3 is 0 Å². The van der Waals surface area contributed by atoms with E-state index in [4.69, 9.17) is 0 Å². The van der Waals surface area contributed by atoms with Crippen molar-refractivity contribution in [1.82, 2.24) is 4.98 Å². The number of sulfonamides is 1. The van der Waals surface area contributed by atoms with E-state index in [1.165, 1.54) is 18.3 Å². The maximum Gasteiger partial charge on any atom is 0.263 e. The van der Waals surface area contributed by atoms with Gasteiger partial charge in [0.1, 0.15) is 4.90 Å². The molecule has 2 rings (SSSR count). The molecule has 0 saturated carbocycles. The van der Waals surface area contributed by atoms with Crippen LogP contribution in [-0.4, -0.2) is 13.4 Å². The molecule has 0 spiro atoms. The Labute approximate surface area is 125 Å². The summed E-state index contributed by atoms with van der Waals surface area (Å²) in [7, 11) is -3.74. The van der Waals surface area contributed by atoms with Crippen molar-refractivity contribution in [3.63, 3.8) is 0 Å². The van der Waals surface area contributed by atoms with Gasteiger partial charge in [-0.05, 0) is 53.0 Å². The van der Waals surface area contributed by atoms with Gasteiger partial charge in [0, 0.05) is 16.7 Å². The second-order valence-corrected chi connectivity index (χ2v) is 6.97. The molecule has 0 saturated heterocycles. The molecule has 0 radical (unpaired) electrons. The van der Waals surface area contributed by atoms with Gasteiger partial charge in [-0.25, -0.2) is 8.42 Å². The van der Waals surface area contributed by atoms with E-state index in [-0.39, 0.29) is 10.5 Å². The molecular formula is C13H13BrN2O3S. The molecule has 0 bridgehead atoms. The van der Waals surface area contributed by atoms with Crippen LogP contribution in [0.5, 0.6) is 0 Å². The van der Waals surface area contributed by atoms with Crippen LogP contribution in [0.4, 0.5) is 5.69 Å². The predicted octanol–water partition coefficient (Wildman–Crippen LogP) is 2.56. The Morgan fingerprint density at radius 2 is 1.90 bits per heavy atom. The van der Waals surface area contributed by atoms with Crippen molar-refractivity contribution in [3.8, 4) is 0 Å². The summed E-state index contributed by atoms with van der Waals surface area (Å²) in [6, 6.07) is 6.15. The van der Waals surface area contributed by atoms with Gasteiger partial charge in [-0.2, -0.15) is 0 Å². The van der Waals surface area contributed by atoms with Gasteiger partial charge in [-0.1, -0.05) is 6.07 Å². The average molecular weight is 357 g/mol. The van der Waals surface area contributed by atoms with E-state index in [9.17, 15) is 13.2 Å². The predicted molar refractivity (Wildman–Crippen MR) is 81.5 cm³/mol. The van der Waals surface area contributed by atoms with Gasteiger partial charge < -0.3 is 4.98 Å². The lowest BCUT2D eigenvalue weighted by molar-refractivity contribution is 0.600. The van der Waals surface area contributed by atoms with Crippen molar-refractivity contribution in [1.29, 1.82) is 0 Å². The number of benzene rings is 1. The first kappa shape index (κ1) is 14.8. The highest BCUT2D eigenvalue weighted by atomic mass is 79.9. The Morgan fingerprint density at radius 3 is 2.45 bits per heavy atom. The molecule has 0 aliphatic carbocycles. The number of aryl methyl sites for hydroxylation is 2. The Balaban J connectivity index is 2.43. The first-order valence-electron chi connectivity index (χ1n) is 5.78. The Hall–Kier alpha value is -1.60. The van der Waals surface area contributed by atoms with Crippen molar-refractivity contribution in [3.05, 3.63) is 56.4 Å². The van der Waals surface area contributed by atoms with E-state index < -0.39 is 10.0 Å². The lowest BCUT2D eigenvalue weighted by atomic mass is 10.1. The Kier molecular flexibility index (Phi) is 4.01. The number of nitrogens with one attached hydrogen (secondary N) is 2. The molecule has 0 unspecified atom stereocenters. The molecular weight excluding hydrogens is 344 g/mol. The topological polar surface area (TPSA) is 79.0 Å². The van der Waals surface area contributed by atoms with Crippen LogP contribution in [0, 0.1) is 13.8 Å². The van der Waals surface area contributed by atoms with Gasteiger partial charge in [0.2, 0.25) is 5.56 Å². The van der Waals surface area contributed by atoms with Crippen molar-refractivity contribution < 1.29 is 8.42 Å². The molecule has 7 heteroatoms. The zero-order valence-electron chi connectivity index (χ0n) is 10.9. The quantitative estimate of drug-likeness (QED) is 0.886. The van der Waals surface area contributed by atoms with Crippen molar-refractivity contribution in [2.75, 3.05) is 4.72 Å². The molecule has 0 fully saturated rings. The van der Waals surface area contributed by atoms with Crippen LogP contribution < -0.4 is 10.3 Å². The fraction of sp³-hybridized carbons (Fsp3) is 0.154. The first-order chi connectivity index (χ1) is 9.29. The zero-order chi connectivity index (χ0) is 14.9. The number of anilines is 1. The minimum Gasteiger partial charge on any atom is -0.328 e. The summed E-state index contributed by atoms with van der Waals surface area (Å²) in [4.78, 5) is 13.3. The number of aromatic nitrogens is 1. The maximum absolute atomic E-state index is 12.2. The molecule has 106 valence electrons. The van der Waals surface area contributed by atoms with Gasteiger partial charge in [-0.15, -0.1) is 0 Å². The molecule has 0 amide bonds. The van der Waals surface area contributed by atoms with Crippen molar-refractivity contribution >= 4 is 31.6 Å². The minimum absolute atomic E-state index is 0.00368. The third-order valence-corrected chi connectivity index (χ3v) is 4.71. The molecule has 2 aromatic rings. The monoisotopic (exact) mass is 356 g/mol. The van der Waals surface area contributed by atoms with Crippen molar-refractivity contribution in [2.24, 2.45) is 0 Å². The van der Waals surface area contributed by atoms with Crippen LogP contribution in [0.3, 0.4) is 0 Å². The summed E-state index contributed by atoms with van der Waals surface area (Å²) in [5.74, 6) is 0. The van der Waals surface area contributed by atoms with E-state index in [1.54, 1.807) is 0 Å². The van der Waals surface area contributed by atoms with E-state index in [2.05, 4.69) is 25.6 Å². The van der Waals surface area contributed by atoms with E-state index in [0.29, 0.717) is 10.2 Å². The molecule has 20 heavy (non-hydrogen) atoms. The SMILES string of the molecule is Cc1cc(C)c(NS(=O)(=O)c2ccc(=O)[nH]c2)c(Br)c1. The number of halogens is 1. The molecule has 0 aliphatic rings. The Bertz CT molecular complexity index is 769. The van der Waals surface area contributed by atoms with Gasteiger partial charge in [0.25, 0.3) is 10.0 Å². The van der Waals surface area contributed by atoms with Crippen LogP contribution in [0.1, 0.15) is 11.1 Å². The standard InChI is InChI=1S/C13H13BrN2O3S/c1-8-5-9(2)13(11(14)6-8)16-20(18,19)10-3-4-12(17)15-7-10/h3-7,16H,1-2H3,(H,15,17). The van der Waals surface area contributed by atoms with E-state index in [1.807, 2.05) is 26.0 Å². The highest BCUT2D eigenvalue weighted by Gasteiger charge is 2.17. The number of aromatic amines is 1. The highest BCUT2D eigenvalue weighted by molar-refractivity contribution is 9.10. The smallest absolute Gasteiger partial charge is 0.263 e. The fourth-order valence-electron chi connectivity index (χ4n) is 1.80. The summed E-state index contributed by atoms with van der Waals surface area (Å²) < 4.78 is 27.7. The van der Waals surface area contributed by atoms with Gasteiger partial charge in [0.15, 0.2) is 0 Å².